The second-order valence-electron chi connectivity index (χ2n) is 6.52. The fraction of sp³-hybridized carbons (Fsp3) is 0.136. The zero-order valence-corrected chi connectivity index (χ0v) is 15.9. The van der Waals surface area contributed by atoms with E-state index in [-0.39, 0.29) is 12.4 Å². The van der Waals surface area contributed by atoms with Crippen LogP contribution in [0.25, 0.3) is 17.1 Å². The molecule has 146 valence electrons. The Kier molecular flexibility index (Phi) is 4.95. The first-order valence-electron chi connectivity index (χ1n) is 9.02. The lowest BCUT2D eigenvalue weighted by molar-refractivity contribution is 0.0466. The molecular formula is C22H18FN3O3. The van der Waals surface area contributed by atoms with Crippen LogP contribution in [0.2, 0.25) is 0 Å². The number of aryl methyl sites for hydroxylation is 1. The van der Waals surface area contributed by atoms with Gasteiger partial charge in [-0.25, -0.2) is 18.9 Å². The number of benzene rings is 2. The molecule has 0 unspecified atom stereocenters. The zero-order valence-electron chi connectivity index (χ0n) is 15.9. The second-order valence-corrected chi connectivity index (χ2v) is 6.52. The van der Waals surface area contributed by atoms with E-state index in [0.717, 1.165) is 5.69 Å². The predicted octanol–water partition coefficient (Wildman–Crippen LogP) is 4.64. The minimum atomic E-state index is -0.478. The standard InChI is InChI=1S/C22H18FN3O3/c1-14-20(15(2)26(25-14)19-6-4-3-5-7-19)22(27)29-13-18-12-28-21(24-18)16-8-10-17(23)11-9-16/h3-12H,13H2,1-2H3. The minimum absolute atomic E-state index is 0.0427. The number of rotatable bonds is 5. The van der Waals surface area contributed by atoms with E-state index in [9.17, 15) is 9.18 Å². The molecule has 0 saturated carbocycles. The summed E-state index contributed by atoms with van der Waals surface area (Å²) < 4.78 is 25.6. The van der Waals surface area contributed by atoms with Gasteiger partial charge >= 0.3 is 5.97 Å². The molecule has 0 spiro atoms. The number of ether oxygens (including phenoxy) is 1. The van der Waals surface area contributed by atoms with Crippen LogP contribution >= 0.6 is 0 Å². The minimum Gasteiger partial charge on any atom is -0.455 e. The third kappa shape index (κ3) is 3.80. The first-order chi connectivity index (χ1) is 14.0. The van der Waals surface area contributed by atoms with Gasteiger partial charge in [0, 0.05) is 5.56 Å². The van der Waals surface area contributed by atoms with Crippen molar-refractivity contribution in [1.82, 2.24) is 14.8 Å². The molecule has 0 amide bonds. The Bertz CT molecular complexity index is 1150. The molecule has 0 aliphatic heterocycles. The van der Waals surface area contributed by atoms with Crippen LogP contribution in [-0.4, -0.2) is 20.7 Å². The van der Waals surface area contributed by atoms with Crippen LogP contribution in [-0.2, 0) is 11.3 Å². The Labute approximate surface area is 166 Å². The van der Waals surface area contributed by atoms with Crippen molar-refractivity contribution in [3.8, 4) is 17.1 Å². The number of nitrogens with zero attached hydrogens (tertiary/aromatic N) is 3. The van der Waals surface area contributed by atoms with Crippen LogP contribution in [0, 0.1) is 19.7 Å². The molecule has 29 heavy (non-hydrogen) atoms. The van der Waals surface area contributed by atoms with Gasteiger partial charge in [0.25, 0.3) is 0 Å². The molecule has 4 rings (SSSR count). The third-order valence-electron chi connectivity index (χ3n) is 4.49. The van der Waals surface area contributed by atoms with Crippen molar-refractivity contribution in [2.45, 2.75) is 20.5 Å². The number of carbonyl (C=O) groups is 1. The number of para-hydroxylation sites is 1. The molecule has 0 N–H and O–H groups in total. The fourth-order valence-electron chi connectivity index (χ4n) is 3.07. The molecule has 2 heterocycles. The highest BCUT2D eigenvalue weighted by molar-refractivity contribution is 5.92. The molecule has 7 heteroatoms. The van der Waals surface area contributed by atoms with Crippen molar-refractivity contribution in [1.29, 1.82) is 0 Å². The molecule has 0 fully saturated rings. The van der Waals surface area contributed by atoms with E-state index in [2.05, 4.69) is 10.1 Å². The summed E-state index contributed by atoms with van der Waals surface area (Å²) in [7, 11) is 0. The van der Waals surface area contributed by atoms with Gasteiger partial charge in [0.1, 0.15) is 29.9 Å². The van der Waals surface area contributed by atoms with E-state index in [1.807, 2.05) is 37.3 Å². The SMILES string of the molecule is Cc1nn(-c2ccccc2)c(C)c1C(=O)OCc1coc(-c2ccc(F)cc2)n1. The van der Waals surface area contributed by atoms with Gasteiger partial charge in [0.15, 0.2) is 0 Å². The first-order valence-corrected chi connectivity index (χ1v) is 9.02. The Morgan fingerprint density at radius 1 is 1.10 bits per heavy atom. The van der Waals surface area contributed by atoms with Crippen LogP contribution < -0.4 is 0 Å². The van der Waals surface area contributed by atoms with Crippen molar-refractivity contribution >= 4 is 5.97 Å². The molecule has 0 radical (unpaired) electrons. The van der Waals surface area contributed by atoms with Gasteiger partial charge in [-0.1, -0.05) is 18.2 Å². The molecule has 0 saturated heterocycles. The lowest BCUT2D eigenvalue weighted by atomic mass is 10.2. The van der Waals surface area contributed by atoms with Gasteiger partial charge in [-0.15, -0.1) is 0 Å². The molecule has 2 aromatic carbocycles. The summed E-state index contributed by atoms with van der Waals surface area (Å²) in [6.45, 7) is 3.55. The van der Waals surface area contributed by atoms with E-state index in [4.69, 9.17) is 9.15 Å². The van der Waals surface area contributed by atoms with E-state index in [1.165, 1.54) is 18.4 Å². The maximum absolute atomic E-state index is 13.0. The zero-order chi connectivity index (χ0) is 20.4. The van der Waals surface area contributed by atoms with E-state index in [1.54, 1.807) is 23.7 Å². The topological polar surface area (TPSA) is 70.2 Å². The normalized spacial score (nSPS) is 10.9. The highest BCUT2D eigenvalue weighted by atomic mass is 19.1. The molecular weight excluding hydrogens is 373 g/mol. The van der Waals surface area contributed by atoms with Crippen LogP contribution in [0.5, 0.6) is 0 Å². The van der Waals surface area contributed by atoms with Crippen LogP contribution in [0.15, 0.2) is 65.3 Å². The molecule has 2 aromatic heterocycles. The van der Waals surface area contributed by atoms with Gasteiger partial charge in [-0.05, 0) is 50.2 Å². The van der Waals surface area contributed by atoms with Crippen LogP contribution in [0.3, 0.4) is 0 Å². The summed E-state index contributed by atoms with van der Waals surface area (Å²) in [5, 5.41) is 4.46. The van der Waals surface area contributed by atoms with Gasteiger partial charge in [-0.2, -0.15) is 5.10 Å². The molecule has 0 aliphatic carbocycles. The maximum atomic E-state index is 13.0. The van der Waals surface area contributed by atoms with E-state index < -0.39 is 5.97 Å². The Morgan fingerprint density at radius 3 is 2.55 bits per heavy atom. The van der Waals surface area contributed by atoms with Crippen LogP contribution in [0.4, 0.5) is 4.39 Å². The number of halogens is 1. The van der Waals surface area contributed by atoms with Crippen molar-refractivity contribution in [3.63, 3.8) is 0 Å². The van der Waals surface area contributed by atoms with E-state index in [0.29, 0.717) is 34.1 Å². The van der Waals surface area contributed by atoms with Crippen molar-refractivity contribution in [2.24, 2.45) is 0 Å². The lowest BCUT2D eigenvalue weighted by Crippen LogP contribution is -2.08. The largest absolute Gasteiger partial charge is 0.455 e. The summed E-state index contributed by atoms with van der Waals surface area (Å²) in [6.07, 6.45) is 1.42. The number of aromatic nitrogens is 3. The molecule has 0 aliphatic rings. The number of oxazole rings is 1. The average molecular weight is 391 g/mol. The number of hydrogen-bond acceptors (Lipinski definition) is 5. The van der Waals surface area contributed by atoms with Crippen molar-refractivity contribution in [3.05, 3.63) is 89.3 Å². The summed E-state index contributed by atoms with van der Waals surface area (Å²) in [4.78, 5) is 16.9. The number of hydrogen-bond donors (Lipinski definition) is 0. The monoisotopic (exact) mass is 391 g/mol. The van der Waals surface area contributed by atoms with Gasteiger partial charge in [0.2, 0.25) is 5.89 Å². The highest BCUT2D eigenvalue weighted by Crippen LogP contribution is 2.21. The fourth-order valence-corrected chi connectivity index (χ4v) is 3.07. The van der Waals surface area contributed by atoms with Crippen molar-refractivity contribution in [2.75, 3.05) is 0 Å². The summed E-state index contributed by atoms with van der Waals surface area (Å²) in [5.41, 5.74) is 3.68. The Balaban J connectivity index is 1.48. The maximum Gasteiger partial charge on any atom is 0.342 e. The second kappa shape index (κ2) is 7.71. The summed E-state index contributed by atoms with van der Waals surface area (Å²) in [5.74, 6) is -0.481. The Morgan fingerprint density at radius 2 is 1.83 bits per heavy atom. The Hall–Kier alpha value is -3.74. The molecule has 6 nitrogen and oxygen atoms in total. The number of esters is 1. The summed E-state index contributed by atoms with van der Waals surface area (Å²) in [6, 6.07) is 15.4. The average Bonchev–Trinajstić information content (AvgIpc) is 3.32. The van der Waals surface area contributed by atoms with Crippen molar-refractivity contribution < 1.29 is 18.3 Å². The lowest BCUT2D eigenvalue weighted by Gasteiger charge is -2.05. The molecule has 4 aromatic rings. The quantitative estimate of drug-likeness (QED) is 0.464. The highest BCUT2D eigenvalue weighted by Gasteiger charge is 2.21. The third-order valence-corrected chi connectivity index (χ3v) is 4.49. The predicted molar refractivity (Wildman–Crippen MR) is 104 cm³/mol. The first kappa shape index (κ1) is 18.6. The molecule has 0 bridgehead atoms. The number of carbonyl (C=O) groups excluding carboxylic acids is 1. The van der Waals surface area contributed by atoms with Crippen LogP contribution in [0.1, 0.15) is 27.4 Å². The van der Waals surface area contributed by atoms with Gasteiger partial charge in [0.05, 0.1) is 17.1 Å². The molecule has 0 atom stereocenters. The van der Waals surface area contributed by atoms with Gasteiger partial charge < -0.3 is 9.15 Å². The van der Waals surface area contributed by atoms with E-state index >= 15 is 0 Å². The smallest absolute Gasteiger partial charge is 0.342 e. The van der Waals surface area contributed by atoms with Gasteiger partial charge in [-0.3, -0.25) is 0 Å². The summed E-state index contributed by atoms with van der Waals surface area (Å²) >= 11 is 0.